The lowest BCUT2D eigenvalue weighted by molar-refractivity contribution is 0.282. The molecule has 0 aliphatic rings. The molecule has 0 unspecified atom stereocenters. The Balaban J connectivity index is 1.86. The van der Waals surface area contributed by atoms with Crippen LogP contribution in [0.15, 0.2) is 35.8 Å². The highest BCUT2D eigenvalue weighted by Crippen LogP contribution is 2.20. The summed E-state index contributed by atoms with van der Waals surface area (Å²) >= 11 is 1.75. The van der Waals surface area contributed by atoms with Gasteiger partial charge < -0.3 is 9.67 Å². The van der Waals surface area contributed by atoms with Gasteiger partial charge in [0.2, 0.25) is 0 Å². The number of hydrogen-bond acceptors (Lipinski definition) is 3. The van der Waals surface area contributed by atoms with Crippen LogP contribution >= 0.6 is 11.3 Å². The average Bonchev–Trinajstić information content (AvgIpc) is 3.07. The summed E-state index contributed by atoms with van der Waals surface area (Å²) in [6, 6.07) is 8.17. The van der Waals surface area contributed by atoms with E-state index in [0.717, 1.165) is 30.6 Å². The quantitative estimate of drug-likeness (QED) is 0.778. The van der Waals surface area contributed by atoms with E-state index in [1.807, 2.05) is 12.1 Å². The van der Waals surface area contributed by atoms with E-state index in [0.29, 0.717) is 0 Å². The molecule has 1 aromatic carbocycles. The molecule has 0 atom stereocenters. The Morgan fingerprint density at radius 1 is 1.30 bits per heavy atom. The molecule has 4 heteroatoms. The fourth-order valence-electron chi connectivity index (χ4n) is 2.41. The van der Waals surface area contributed by atoms with Gasteiger partial charge in [0.05, 0.1) is 23.9 Å². The number of thiazole rings is 1. The zero-order chi connectivity index (χ0) is 13.9. The molecule has 0 aliphatic carbocycles. The lowest BCUT2D eigenvalue weighted by Crippen LogP contribution is -1.98. The Labute approximate surface area is 122 Å². The Bertz CT molecular complexity index is 714. The van der Waals surface area contributed by atoms with Crippen molar-refractivity contribution >= 4 is 22.2 Å². The molecule has 3 aromatic rings. The van der Waals surface area contributed by atoms with Gasteiger partial charge in [0.1, 0.15) is 0 Å². The van der Waals surface area contributed by atoms with E-state index in [4.69, 9.17) is 0 Å². The molecule has 0 bridgehead atoms. The molecule has 0 saturated carbocycles. The van der Waals surface area contributed by atoms with Crippen molar-refractivity contribution < 1.29 is 5.11 Å². The topological polar surface area (TPSA) is 38.0 Å². The minimum atomic E-state index is 0.0909. The number of aromatic nitrogens is 2. The molecule has 104 valence electrons. The summed E-state index contributed by atoms with van der Waals surface area (Å²) in [5, 5.41) is 13.7. The van der Waals surface area contributed by atoms with Gasteiger partial charge in [-0.25, -0.2) is 4.98 Å². The molecule has 2 heterocycles. The molecule has 0 spiro atoms. The molecular formula is C16H18N2OS. The molecule has 0 aliphatic heterocycles. The lowest BCUT2D eigenvalue weighted by atomic mass is 10.2. The summed E-state index contributed by atoms with van der Waals surface area (Å²) in [4.78, 5) is 4.67. The Morgan fingerprint density at radius 2 is 2.20 bits per heavy atom. The van der Waals surface area contributed by atoms with Crippen LogP contribution in [0.1, 0.15) is 29.6 Å². The Morgan fingerprint density at radius 3 is 3.00 bits per heavy atom. The van der Waals surface area contributed by atoms with Gasteiger partial charge in [-0.3, -0.25) is 0 Å². The number of aryl methyl sites for hydroxylation is 1. The molecule has 3 rings (SSSR count). The standard InChI is InChI=1S/C16H18N2OS/c1-2-3-16-17-14(11-20-16)9-18-7-6-13-8-12(10-19)4-5-15(13)18/h4-8,11,19H,2-3,9-10H2,1H3. The van der Waals surface area contributed by atoms with Gasteiger partial charge in [0, 0.05) is 17.1 Å². The normalized spacial score (nSPS) is 11.3. The third kappa shape index (κ3) is 2.62. The molecule has 0 fully saturated rings. The monoisotopic (exact) mass is 286 g/mol. The Kier molecular flexibility index (Phi) is 3.85. The Hall–Kier alpha value is -1.65. The zero-order valence-corrected chi connectivity index (χ0v) is 12.4. The van der Waals surface area contributed by atoms with Gasteiger partial charge in [-0.2, -0.15) is 0 Å². The fourth-order valence-corrected chi connectivity index (χ4v) is 3.30. The van der Waals surface area contributed by atoms with E-state index in [9.17, 15) is 5.11 Å². The molecule has 0 saturated heterocycles. The van der Waals surface area contributed by atoms with Crippen molar-refractivity contribution in [2.24, 2.45) is 0 Å². The molecule has 2 aromatic heterocycles. The highest BCUT2D eigenvalue weighted by molar-refractivity contribution is 7.09. The van der Waals surface area contributed by atoms with E-state index in [-0.39, 0.29) is 6.61 Å². The maximum absolute atomic E-state index is 9.18. The lowest BCUT2D eigenvalue weighted by Gasteiger charge is -2.04. The molecule has 3 nitrogen and oxygen atoms in total. The first-order valence-electron chi connectivity index (χ1n) is 6.92. The minimum absolute atomic E-state index is 0.0909. The molecule has 0 amide bonds. The summed E-state index contributed by atoms with van der Waals surface area (Å²) in [5.74, 6) is 0. The van der Waals surface area contributed by atoms with Crippen molar-refractivity contribution in [3.8, 4) is 0 Å². The predicted octanol–water partition coefficient (Wildman–Crippen LogP) is 3.59. The van der Waals surface area contributed by atoms with Crippen LogP contribution in [0.5, 0.6) is 0 Å². The molecule has 1 N–H and O–H groups in total. The van der Waals surface area contributed by atoms with E-state index in [2.05, 4.69) is 40.2 Å². The van der Waals surface area contributed by atoms with Crippen LogP contribution < -0.4 is 0 Å². The number of nitrogens with zero attached hydrogens (tertiary/aromatic N) is 2. The fraction of sp³-hybridized carbons (Fsp3) is 0.312. The van der Waals surface area contributed by atoms with Crippen molar-refractivity contribution in [3.05, 3.63) is 52.1 Å². The van der Waals surface area contributed by atoms with Crippen molar-refractivity contribution in [1.82, 2.24) is 9.55 Å². The first-order chi connectivity index (χ1) is 9.80. The summed E-state index contributed by atoms with van der Waals surface area (Å²) in [5.41, 5.74) is 3.27. The summed E-state index contributed by atoms with van der Waals surface area (Å²) in [6.45, 7) is 3.08. The van der Waals surface area contributed by atoms with Crippen molar-refractivity contribution in [2.75, 3.05) is 0 Å². The summed E-state index contributed by atoms with van der Waals surface area (Å²) in [7, 11) is 0. The largest absolute Gasteiger partial charge is 0.392 e. The number of aliphatic hydroxyl groups is 1. The van der Waals surface area contributed by atoms with E-state index < -0.39 is 0 Å². The molecule has 20 heavy (non-hydrogen) atoms. The second kappa shape index (κ2) is 5.77. The van der Waals surface area contributed by atoms with E-state index in [1.54, 1.807) is 11.3 Å². The highest BCUT2D eigenvalue weighted by atomic mass is 32.1. The van der Waals surface area contributed by atoms with Gasteiger partial charge in [-0.15, -0.1) is 11.3 Å². The number of hydrogen-bond donors (Lipinski definition) is 1. The SMILES string of the molecule is CCCc1nc(Cn2ccc3cc(CO)ccc32)cs1. The molecule has 0 radical (unpaired) electrons. The van der Waals surface area contributed by atoms with Crippen LogP contribution in [0.25, 0.3) is 10.9 Å². The van der Waals surface area contributed by atoms with E-state index >= 15 is 0 Å². The third-order valence-electron chi connectivity index (χ3n) is 3.41. The van der Waals surface area contributed by atoms with E-state index in [1.165, 1.54) is 15.9 Å². The second-order valence-corrected chi connectivity index (χ2v) is 5.92. The van der Waals surface area contributed by atoms with Gasteiger partial charge in [0.15, 0.2) is 0 Å². The van der Waals surface area contributed by atoms with Crippen LogP contribution in [-0.4, -0.2) is 14.7 Å². The van der Waals surface area contributed by atoms with Gasteiger partial charge in [-0.05, 0) is 42.0 Å². The average molecular weight is 286 g/mol. The second-order valence-electron chi connectivity index (χ2n) is 4.98. The zero-order valence-electron chi connectivity index (χ0n) is 11.5. The van der Waals surface area contributed by atoms with Crippen molar-refractivity contribution in [3.63, 3.8) is 0 Å². The summed E-state index contributed by atoms with van der Waals surface area (Å²) in [6.07, 6.45) is 4.30. The van der Waals surface area contributed by atoms with Crippen LogP contribution in [0.4, 0.5) is 0 Å². The van der Waals surface area contributed by atoms with Gasteiger partial charge >= 0.3 is 0 Å². The third-order valence-corrected chi connectivity index (χ3v) is 4.37. The van der Waals surface area contributed by atoms with Gasteiger partial charge in [-0.1, -0.05) is 13.0 Å². The number of benzene rings is 1. The van der Waals surface area contributed by atoms with Crippen LogP contribution in [0.2, 0.25) is 0 Å². The minimum Gasteiger partial charge on any atom is -0.392 e. The van der Waals surface area contributed by atoms with Crippen LogP contribution in [0, 0.1) is 0 Å². The maximum Gasteiger partial charge on any atom is 0.0928 e. The smallest absolute Gasteiger partial charge is 0.0928 e. The van der Waals surface area contributed by atoms with Crippen LogP contribution in [-0.2, 0) is 19.6 Å². The summed E-state index contributed by atoms with van der Waals surface area (Å²) < 4.78 is 2.21. The maximum atomic E-state index is 9.18. The number of rotatable bonds is 5. The van der Waals surface area contributed by atoms with Crippen molar-refractivity contribution in [1.29, 1.82) is 0 Å². The first kappa shape index (κ1) is 13.3. The van der Waals surface area contributed by atoms with Crippen molar-refractivity contribution in [2.45, 2.75) is 32.9 Å². The number of fused-ring (bicyclic) bond motifs is 1. The highest BCUT2D eigenvalue weighted by Gasteiger charge is 2.06. The molecular weight excluding hydrogens is 268 g/mol. The van der Waals surface area contributed by atoms with Crippen LogP contribution in [0.3, 0.4) is 0 Å². The van der Waals surface area contributed by atoms with Gasteiger partial charge in [0.25, 0.3) is 0 Å². The first-order valence-corrected chi connectivity index (χ1v) is 7.80. The predicted molar refractivity (Wildman–Crippen MR) is 83.1 cm³/mol. The number of aliphatic hydroxyl groups excluding tert-OH is 1.